The molecule has 0 radical (unpaired) electrons. The lowest BCUT2D eigenvalue weighted by atomic mass is 10.1. The number of thiazole rings is 2. The van der Waals surface area contributed by atoms with Gasteiger partial charge in [0.2, 0.25) is 0 Å². The summed E-state index contributed by atoms with van der Waals surface area (Å²) in [6, 6.07) is 4.11. The maximum Gasteiger partial charge on any atom is 0.501 e. The zero-order chi connectivity index (χ0) is 25.9. The quantitative estimate of drug-likeness (QED) is 0.424. The number of aliphatic hydroxyl groups excluding tert-OH is 1. The van der Waals surface area contributed by atoms with Gasteiger partial charge in [0.15, 0.2) is 0 Å². The number of hydrogen-bond acceptors (Lipinski definition) is 10. The van der Waals surface area contributed by atoms with E-state index in [0.717, 1.165) is 35.8 Å². The smallest absolute Gasteiger partial charge is 0.389 e. The Balaban J connectivity index is 1.42. The molecule has 36 heavy (non-hydrogen) atoms. The molecule has 1 N–H and O–H groups in total. The number of aromatic nitrogens is 2. The van der Waals surface area contributed by atoms with Gasteiger partial charge in [-0.05, 0) is 17.7 Å². The summed E-state index contributed by atoms with van der Waals surface area (Å²) in [5.41, 5.74) is -3.50. The van der Waals surface area contributed by atoms with Gasteiger partial charge in [-0.1, -0.05) is 12.1 Å². The maximum atomic E-state index is 12.7. The van der Waals surface area contributed by atoms with Crippen LogP contribution < -0.4 is 0 Å². The summed E-state index contributed by atoms with van der Waals surface area (Å²) in [4.78, 5) is 23.9. The van der Waals surface area contributed by atoms with Crippen molar-refractivity contribution in [3.8, 4) is 10.6 Å². The number of Topliss-reactive ketones (excluding diaryl/α,β-unsaturated/α-hetero) is 1. The molecule has 0 saturated carbocycles. The molecule has 2 aromatic heterocycles. The molecule has 0 aliphatic carbocycles. The number of alkyl halides is 3. The van der Waals surface area contributed by atoms with E-state index in [2.05, 4.69) is 14.9 Å². The molecule has 0 amide bonds. The van der Waals surface area contributed by atoms with Crippen molar-refractivity contribution in [1.29, 1.82) is 0 Å². The molecule has 1 saturated heterocycles. The number of carbonyl (C=O) groups is 1. The molecule has 3 aromatic rings. The van der Waals surface area contributed by atoms with Crippen molar-refractivity contribution in [2.45, 2.75) is 36.4 Å². The third-order valence-electron chi connectivity index (χ3n) is 5.43. The Bertz CT molecular complexity index is 1310. The lowest BCUT2D eigenvalue weighted by molar-refractivity contribution is -0.117. The third-order valence-corrected chi connectivity index (χ3v) is 8.88. The monoisotopic (exact) mass is 561 g/mol. The van der Waals surface area contributed by atoms with E-state index >= 15 is 0 Å². The van der Waals surface area contributed by atoms with Crippen LogP contribution in [0.3, 0.4) is 0 Å². The number of halogens is 3. The minimum absolute atomic E-state index is 0.0255. The Labute approximate surface area is 213 Å². The van der Waals surface area contributed by atoms with E-state index in [-0.39, 0.29) is 25.2 Å². The van der Waals surface area contributed by atoms with Gasteiger partial charge in [0.1, 0.15) is 15.8 Å². The summed E-state index contributed by atoms with van der Waals surface area (Å²) in [6.45, 7) is 3.28. The lowest BCUT2D eigenvalue weighted by Crippen LogP contribution is -2.35. The van der Waals surface area contributed by atoms with E-state index in [1.165, 1.54) is 34.8 Å². The van der Waals surface area contributed by atoms with E-state index in [0.29, 0.717) is 41.0 Å². The van der Waals surface area contributed by atoms with E-state index in [1.54, 1.807) is 0 Å². The van der Waals surface area contributed by atoms with Crippen LogP contribution in [0.5, 0.6) is 0 Å². The fourth-order valence-corrected chi connectivity index (χ4v) is 6.17. The first kappa shape index (κ1) is 26.8. The number of sulfone groups is 1. The Hall–Kier alpha value is -2.23. The van der Waals surface area contributed by atoms with Crippen LogP contribution in [0.1, 0.15) is 21.3 Å². The van der Waals surface area contributed by atoms with Gasteiger partial charge in [-0.3, -0.25) is 9.69 Å². The summed E-state index contributed by atoms with van der Waals surface area (Å²) < 4.78 is 66.4. The number of carbonyl (C=O) groups excluding carboxylic acids is 1. The van der Waals surface area contributed by atoms with Gasteiger partial charge in [0.25, 0.3) is 9.84 Å². The second-order valence-corrected chi connectivity index (χ2v) is 12.0. The minimum Gasteiger partial charge on any atom is -0.389 e. The van der Waals surface area contributed by atoms with E-state index in [1.807, 2.05) is 5.38 Å². The molecule has 194 valence electrons. The minimum atomic E-state index is -5.43. The average molecular weight is 562 g/mol. The van der Waals surface area contributed by atoms with Crippen molar-refractivity contribution in [3.05, 3.63) is 50.9 Å². The van der Waals surface area contributed by atoms with Gasteiger partial charge in [-0.15, -0.1) is 22.7 Å². The molecule has 0 spiro atoms. The van der Waals surface area contributed by atoms with Crippen LogP contribution in [0.4, 0.5) is 13.2 Å². The van der Waals surface area contributed by atoms with Crippen LogP contribution in [0.2, 0.25) is 0 Å². The number of ether oxygens (including phenoxy) is 1. The molecule has 0 bridgehead atoms. The molecule has 8 nitrogen and oxygen atoms in total. The van der Waals surface area contributed by atoms with Crippen molar-refractivity contribution < 1.29 is 36.2 Å². The Morgan fingerprint density at radius 1 is 1.08 bits per heavy atom. The number of hydrogen-bond donors (Lipinski definition) is 1. The number of ketones is 1. The largest absolute Gasteiger partial charge is 0.501 e. The van der Waals surface area contributed by atoms with Crippen molar-refractivity contribution in [2.24, 2.45) is 0 Å². The van der Waals surface area contributed by atoms with Gasteiger partial charge in [-0.25, -0.2) is 18.4 Å². The molecule has 0 atom stereocenters. The lowest BCUT2D eigenvalue weighted by Gasteiger charge is -2.26. The van der Waals surface area contributed by atoms with Gasteiger partial charge in [0, 0.05) is 31.4 Å². The summed E-state index contributed by atoms with van der Waals surface area (Å²) >= 11 is 2.66. The Kier molecular flexibility index (Phi) is 8.22. The first-order chi connectivity index (χ1) is 17.1. The molecular formula is C22H22F3N3O5S3. The topological polar surface area (TPSA) is 110 Å². The van der Waals surface area contributed by atoms with E-state index in [9.17, 15) is 31.5 Å². The van der Waals surface area contributed by atoms with E-state index < -0.39 is 20.2 Å². The first-order valence-electron chi connectivity index (χ1n) is 10.8. The molecule has 3 heterocycles. The predicted molar refractivity (Wildman–Crippen MR) is 127 cm³/mol. The summed E-state index contributed by atoms with van der Waals surface area (Å²) in [5, 5.41) is 12.5. The van der Waals surface area contributed by atoms with Crippen molar-refractivity contribution in [2.75, 3.05) is 26.3 Å². The van der Waals surface area contributed by atoms with Gasteiger partial charge >= 0.3 is 5.51 Å². The predicted octanol–water partition coefficient (Wildman–Crippen LogP) is 3.24. The van der Waals surface area contributed by atoms with Gasteiger partial charge < -0.3 is 9.84 Å². The Morgan fingerprint density at radius 2 is 1.78 bits per heavy atom. The highest BCUT2D eigenvalue weighted by Crippen LogP contribution is 2.33. The van der Waals surface area contributed by atoms with Crippen molar-refractivity contribution in [3.63, 3.8) is 0 Å². The van der Waals surface area contributed by atoms with Crippen LogP contribution in [0.25, 0.3) is 10.6 Å². The summed E-state index contributed by atoms with van der Waals surface area (Å²) in [5.74, 6) is -0.212. The molecule has 14 heteroatoms. The van der Waals surface area contributed by atoms with Crippen LogP contribution in [0, 0.1) is 0 Å². The van der Waals surface area contributed by atoms with Crippen LogP contribution in [-0.2, 0) is 45.4 Å². The highest BCUT2D eigenvalue weighted by Gasteiger charge is 2.46. The molecule has 0 unspecified atom stereocenters. The van der Waals surface area contributed by atoms with Gasteiger partial charge in [-0.2, -0.15) is 13.2 Å². The average Bonchev–Trinajstić information content (AvgIpc) is 3.46. The fourth-order valence-electron chi connectivity index (χ4n) is 3.62. The zero-order valence-corrected chi connectivity index (χ0v) is 21.3. The molecule has 1 fully saturated rings. The molecule has 4 rings (SSSR count). The van der Waals surface area contributed by atoms with Crippen LogP contribution in [0.15, 0.2) is 34.5 Å². The van der Waals surface area contributed by atoms with Crippen molar-refractivity contribution >= 4 is 38.3 Å². The number of rotatable bonds is 9. The second kappa shape index (κ2) is 11.0. The molecule has 1 aliphatic heterocycles. The molecule has 1 aromatic carbocycles. The molecule has 1 aliphatic rings. The van der Waals surface area contributed by atoms with Gasteiger partial charge in [0.05, 0.1) is 47.4 Å². The SMILES string of the molecule is O=C(Cc1ccc(S(=O)(=O)C(F)(F)F)cc1)Cc1nc(-c2sc(CO)nc2CN2CCOCC2)cs1. The van der Waals surface area contributed by atoms with Crippen LogP contribution >= 0.6 is 22.7 Å². The van der Waals surface area contributed by atoms with E-state index in [4.69, 9.17) is 4.74 Å². The molecular weight excluding hydrogens is 539 g/mol. The Morgan fingerprint density at radius 3 is 2.42 bits per heavy atom. The fraction of sp³-hybridized carbons (Fsp3) is 0.409. The summed E-state index contributed by atoms with van der Waals surface area (Å²) in [7, 11) is -5.43. The third kappa shape index (κ3) is 6.18. The second-order valence-electron chi connectivity index (χ2n) is 8.04. The zero-order valence-electron chi connectivity index (χ0n) is 18.8. The number of morpholine rings is 1. The number of nitrogens with zero attached hydrogens (tertiary/aromatic N) is 3. The number of aliphatic hydroxyl groups is 1. The highest BCUT2D eigenvalue weighted by molar-refractivity contribution is 7.92. The number of benzene rings is 1. The maximum absolute atomic E-state index is 12.7. The summed E-state index contributed by atoms with van der Waals surface area (Å²) in [6.07, 6.45) is -0.0452. The first-order valence-corrected chi connectivity index (χ1v) is 14.0. The normalized spacial score (nSPS) is 15.3. The standard InChI is InChI=1S/C22H22F3N3O5S3/c23-22(24,25)36(31,32)16-3-1-14(2-4-16)9-15(30)10-19-27-18(13-34-19)21-17(26-20(12-29)35-21)11-28-5-7-33-8-6-28/h1-4,13,29H,5-12H2. The van der Waals surface area contributed by atoms with Crippen molar-refractivity contribution in [1.82, 2.24) is 14.9 Å². The highest BCUT2D eigenvalue weighted by atomic mass is 32.2. The van der Waals surface area contributed by atoms with Crippen LogP contribution in [-0.4, -0.2) is 66.0 Å².